The Morgan fingerprint density at radius 1 is 1.38 bits per heavy atom. The molecule has 6 nitrogen and oxygen atoms in total. The van der Waals surface area contributed by atoms with Crippen molar-refractivity contribution < 1.29 is 19.4 Å². The number of nitrogens with zero attached hydrogens (tertiary/aromatic N) is 2. The van der Waals surface area contributed by atoms with Crippen LogP contribution in [0.4, 0.5) is 14.3 Å². The zero-order valence-electron chi connectivity index (χ0n) is 20.7. The van der Waals surface area contributed by atoms with Crippen LogP contribution in [0, 0.1) is 6.92 Å². The Morgan fingerprint density at radius 3 is 2.62 bits per heavy atom. The minimum Gasteiger partial charge on any atom is -0.393 e. The number of allylic oxidation sites excluding steroid dienone is 3. The van der Waals surface area contributed by atoms with Crippen molar-refractivity contribution in [1.82, 2.24) is 9.88 Å². The molecule has 0 aliphatic carbocycles. The predicted octanol–water partition coefficient (Wildman–Crippen LogP) is 5.77. The lowest BCUT2D eigenvalue weighted by atomic mass is 9.82. The second kappa shape index (κ2) is 12.2. The van der Waals surface area contributed by atoms with Gasteiger partial charge >= 0.3 is 6.03 Å². The third-order valence-corrected chi connectivity index (χ3v) is 6.83. The van der Waals surface area contributed by atoms with E-state index in [1.165, 1.54) is 11.3 Å². The Kier molecular flexibility index (Phi) is 9.97. The molecule has 34 heavy (non-hydrogen) atoms. The maximum Gasteiger partial charge on any atom is 0.323 e. The van der Waals surface area contributed by atoms with Crippen LogP contribution in [0.1, 0.15) is 46.1 Å². The molecule has 1 aliphatic heterocycles. The van der Waals surface area contributed by atoms with Gasteiger partial charge in [-0.05, 0) is 55.2 Å². The molecule has 3 N–H and O–H groups in total. The molecule has 8 heteroatoms. The van der Waals surface area contributed by atoms with Crippen LogP contribution in [0.25, 0.3) is 10.2 Å². The Balaban J connectivity index is 0.00000199. The quantitative estimate of drug-likeness (QED) is 0.450. The summed E-state index contributed by atoms with van der Waals surface area (Å²) in [5, 5.41) is 22.4. The van der Waals surface area contributed by atoms with Crippen molar-refractivity contribution >= 4 is 32.7 Å². The Labute approximate surface area is 205 Å². The summed E-state index contributed by atoms with van der Waals surface area (Å²) in [7, 11) is 0. The number of alkyl halides is 1. The first-order valence-corrected chi connectivity index (χ1v) is 12.4. The van der Waals surface area contributed by atoms with E-state index < -0.39 is 18.4 Å². The maximum atomic E-state index is 15.7. The number of aryl methyl sites for hydroxylation is 1. The number of carbonyl (C=O) groups excluding carboxylic acids is 1. The minimum atomic E-state index is -1.63. The number of piperidine rings is 1. The summed E-state index contributed by atoms with van der Waals surface area (Å²) in [5.74, 6) is 0. The van der Waals surface area contributed by atoms with E-state index in [4.69, 9.17) is 5.11 Å². The molecule has 1 saturated heterocycles. The van der Waals surface area contributed by atoms with Gasteiger partial charge in [-0.2, -0.15) is 0 Å². The molecular formula is C26H36FN3O3S. The number of thiazole rings is 1. The largest absolute Gasteiger partial charge is 0.393 e. The number of likely N-dealkylation sites (tertiary alicyclic amines) is 1. The summed E-state index contributed by atoms with van der Waals surface area (Å²) < 4.78 is 16.7. The number of aliphatic hydroxyl groups excluding tert-OH is 2. The van der Waals surface area contributed by atoms with E-state index in [0.717, 1.165) is 15.8 Å². The van der Waals surface area contributed by atoms with Gasteiger partial charge < -0.3 is 15.1 Å². The van der Waals surface area contributed by atoms with Crippen LogP contribution in [0.2, 0.25) is 0 Å². The summed E-state index contributed by atoms with van der Waals surface area (Å²) in [6, 6.07) is 5.64. The minimum absolute atomic E-state index is 0.136. The van der Waals surface area contributed by atoms with Gasteiger partial charge in [-0.15, -0.1) is 0 Å². The zero-order chi connectivity index (χ0) is 25.5. The van der Waals surface area contributed by atoms with E-state index in [1.54, 1.807) is 30.9 Å². The molecule has 2 heterocycles. The van der Waals surface area contributed by atoms with Gasteiger partial charge in [-0.1, -0.05) is 50.0 Å². The molecule has 2 amide bonds. The number of urea groups is 1. The zero-order valence-corrected chi connectivity index (χ0v) is 21.5. The molecule has 1 fully saturated rings. The van der Waals surface area contributed by atoms with Crippen LogP contribution in [0.3, 0.4) is 0 Å². The number of halogens is 1. The molecule has 1 unspecified atom stereocenters. The second-order valence-corrected chi connectivity index (χ2v) is 9.20. The smallest absolute Gasteiger partial charge is 0.323 e. The highest BCUT2D eigenvalue weighted by Crippen LogP contribution is 2.37. The molecule has 1 aromatic carbocycles. The van der Waals surface area contributed by atoms with Crippen LogP contribution in [0.5, 0.6) is 0 Å². The van der Waals surface area contributed by atoms with Crippen molar-refractivity contribution in [3.63, 3.8) is 0 Å². The van der Waals surface area contributed by atoms with Crippen molar-refractivity contribution in [2.24, 2.45) is 0 Å². The third-order valence-electron chi connectivity index (χ3n) is 5.89. The average Bonchev–Trinajstić information content (AvgIpc) is 3.24. The molecule has 3 rings (SSSR count). The summed E-state index contributed by atoms with van der Waals surface area (Å²) in [6.45, 7) is 13.6. The van der Waals surface area contributed by atoms with E-state index in [0.29, 0.717) is 21.9 Å². The molecule has 2 aromatic rings. The number of fused-ring (bicyclic) bond motifs is 1. The Morgan fingerprint density at radius 2 is 2.03 bits per heavy atom. The first-order valence-electron chi connectivity index (χ1n) is 11.6. The van der Waals surface area contributed by atoms with Crippen molar-refractivity contribution in [2.75, 3.05) is 25.0 Å². The molecular weight excluding hydrogens is 453 g/mol. The van der Waals surface area contributed by atoms with Crippen LogP contribution >= 0.6 is 11.3 Å². The van der Waals surface area contributed by atoms with Crippen LogP contribution in [0.15, 0.2) is 53.6 Å². The highest BCUT2D eigenvalue weighted by atomic mass is 32.1. The molecule has 1 aliphatic rings. The lowest BCUT2D eigenvalue weighted by Gasteiger charge is -2.37. The van der Waals surface area contributed by atoms with E-state index in [9.17, 15) is 9.90 Å². The van der Waals surface area contributed by atoms with Crippen molar-refractivity contribution in [3.8, 4) is 0 Å². The van der Waals surface area contributed by atoms with Gasteiger partial charge in [0.05, 0.1) is 16.8 Å². The Hall–Kier alpha value is -2.55. The van der Waals surface area contributed by atoms with Gasteiger partial charge in [0.2, 0.25) is 0 Å². The monoisotopic (exact) mass is 489 g/mol. The molecule has 0 saturated carbocycles. The van der Waals surface area contributed by atoms with Gasteiger partial charge in [0.1, 0.15) is 11.8 Å². The number of nitrogens with one attached hydrogen (secondary N) is 1. The van der Waals surface area contributed by atoms with Gasteiger partial charge in [0, 0.05) is 25.9 Å². The van der Waals surface area contributed by atoms with Gasteiger partial charge in [-0.25, -0.2) is 14.2 Å². The molecule has 186 valence electrons. The van der Waals surface area contributed by atoms with Gasteiger partial charge in [-0.3, -0.25) is 5.32 Å². The first kappa shape index (κ1) is 27.7. The molecule has 0 bridgehead atoms. The third kappa shape index (κ3) is 6.52. The summed E-state index contributed by atoms with van der Waals surface area (Å²) in [4.78, 5) is 18.7. The fraction of sp³-hybridized carbons (Fsp3) is 0.462. The summed E-state index contributed by atoms with van der Waals surface area (Å²) in [5.41, 5.74) is 1.79. The lowest BCUT2D eigenvalue weighted by molar-refractivity contribution is 0.107. The van der Waals surface area contributed by atoms with Crippen molar-refractivity contribution in [1.29, 1.82) is 0 Å². The molecule has 1 atom stereocenters. The number of carbonyl (C=O) groups is 1. The van der Waals surface area contributed by atoms with Crippen LogP contribution in [-0.4, -0.2) is 57.6 Å². The molecule has 0 spiro atoms. The van der Waals surface area contributed by atoms with E-state index in [2.05, 4.69) is 16.9 Å². The summed E-state index contributed by atoms with van der Waals surface area (Å²) in [6.07, 6.45) is 2.58. The fourth-order valence-electron chi connectivity index (χ4n) is 3.79. The highest BCUT2D eigenvalue weighted by molar-refractivity contribution is 7.22. The Bertz CT molecular complexity index is 1070. The second-order valence-electron chi connectivity index (χ2n) is 8.17. The number of aromatic nitrogens is 1. The van der Waals surface area contributed by atoms with Crippen molar-refractivity contribution in [2.45, 2.75) is 59.2 Å². The lowest BCUT2D eigenvalue weighted by Crippen LogP contribution is -2.47. The fourth-order valence-corrected chi connectivity index (χ4v) is 4.74. The topological polar surface area (TPSA) is 85.7 Å². The summed E-state index contributed by atoms with van der Waals surface area (Å²) >= 11 is 1.42. The number of amides is 2. The molecule has 0 radical (unpaired) electrons. The first-order chi connectivity index (χ1) is 16.2. The highest BCUT2D eigenvalue weighted by Gasteiger charge is 2.39. The predicted molar refractivity (Wildman–Crippen MR) is 139 cm³/mol. The van der Waals surface area contributed by atoms with Crippen LogP contribution in [-0.2, 0) is 0 Å². The number of hydrogen-bond acceptors (Lipinski definition) is 5. The van der Waals surface area contributed by atoms with Crippen LogP contribution < -0.4 is 5.32 Å². The van der Waals surface area contributed by atoms with E-state index >= 15 is 4.39 Å². The number of anilines is 1. The van der Waals surface area contributed by atoms with Gasteiger partial charge in [0.15, 0.2) is 5.13 Å². The standard InChI is InChI=1S/C24H30FN3O3S.C2H6/c1-5-18(20(30)14-29)13-16(3)17(4)24(25)8-10-28(11-9-24)23(31)27-22-26-19-7-6-15(2)12-21(19)32-22;1-2/h5-7,12-13,20,29-30H,4,8-11,14H2,1-3H3,(H,26,27,31);1-2H3/b16-13-,18-5+;. The van der Waals surface area contributed by atoms with Crippen molar-refractivity contribution in [3.05, 3.63) is 59.2 Å². The average molecular weight is 490 g/mol. The number of hydrogen-bond donors (Lipinski definition) is 3. The van der Waals surface area contributed by atoms with E-state index in [-0.39, 0.29) is 32.0 Å². The number of aliphatic hydroxyl groups is 2. The number of rotatable bonds is 6. The SMILES string of the molecule is C=C(/C(C)=C\C(=C/C)C(O)CO)C1(F)CCN(C(=O)Nc2nc3ccc(C)cc3s2)CC1.CC. The molecule has 1 aromatic heterocycles. The normalized spacial score (nSPS) is 17.1. The number of benzene rings is 1. The maximum absolute atomic E-state index is 15.7. The van der Waals surface area contributed by atoms with Gasteiger partial charge in [0.25, 0.3) is 0 Å². The van der Waals surface area contributed by atoms with E-state index in [1.807, 2.05) is 39.0 Å².